The normalized spacial score (nSPS) is 29.4. The van der Waals surface area contributed by atoms with Gasteiger partial charge >= 0.3 is 0 Å². The molecule has 1 aromatic rings. The molecule has 0 aromatic heterocycles. The van der Waals surface area contributed by atoms with E-state index in [0.717, 1.165) is 11.1 Å². The molecule has 2 saturated heterocycles. The fraction of sp³-hybridized carbons (Fsp3) is 0.650. The molecule has 2 aliphatic heterocycles. The number of nitrogens with one attached hydrogen (secondary N) is 1. The van der Waals surface area contributed by atoms with E-state index in [1.54, 1.807) is 12.1 Å². The van der Waals surface area contributed by atoms with Crippen LogP contribution in [0.5, 0.6) is 0 Å². The first-order chi connectivity index (χ1) is 13.5. The Morgan fingerprint density at radius 2 is 1.86 bits per heavy atom. The molecule has 4 rings (SSSR count). The van der Waals surface area contributed by atoms with Crippen molar-refractivity contribution >= 4 is 15.9 Å². The highest BCUT2D eigenvalue weighted by Gasteiger charge is 2.50. The topological polar surface area (TPSA) is 75.7 Å². The molecule has 1 aliphatic carbocycles. The van der Waals surface area contributed by atoms with Gasteiger partial charge in [0.25, 0.3) is 0 Å². The summed E-state index contributed by atoms with van der Waals surface area (Å²) >= 11 is 0. The van der Waals surface area contributed by atoms with Crippen molar-refractivity contribution in [3.63, 3.8) is 0 Å². The van der Waals surface area contributed by atoms with Crippen LogP contribution in [-0.2, 0) is 19.6 Å². The van der Waals surface area contributed by atoms with Gasteiger partial charge in [-0.15, -0.1) is 0 Å². The average molecular weight is 429 g/mol. The smallest absolute Gasteiger partial charge is 0.249 e. The number of sulfonamides is 1. The Bertz CT molecular complexity index is 893. The van der Waals surface area contributed by atoms with Gasteiger partial charge in [0.05, 0.1) is 17.6 Å². The molecule has 1 N–H and O–H groups in total. The van der Waals surface area contributed by atoms with Crippen LogP contribution in [-0.4, -0.2) is 56.9 Å². The lowest BCUT2D eigenvalue weighted by molar-refractivity contribution is -0.150. The molecule has 1 saturated carbocycles. The Morgan fingerprint density at radius 1 is 1.21 bits per heavy atom. The number of halogens is 2. The Labute approximate surface area is 169 Å². The van der Waals surface area contributed by atoms with Crippen LogP contribution in [0.3, 0.4) is 0 Å². The van der Waals surface area contributed by atoms with E-state index in [1.165, 1.54) is 4.31 Å². The number of hydrogen-bond acceptors (Lipinski definition) is 4. The van der Waals surface area contributed by atoms with Gasteiger partial charge in [-0.3, -0.25) is 4.79 Å². The van der Waals surface area contributed by atoms with Gasteiger partial charge in [-0.1, -0.05) is 6.07 Å². The van der Waals surface area contributed by atoms with E-state index in [9.17, 15) is 22.0 Å². The summed E-state index contributed by atoms with van der Waals surface area (Å²) in [6, 6.07) is 5.27. The molecule has 160 valence electrons. The summed E-state index contributed by atoms with van der Waals surface area (Å²) in [5.74, 6) is -3.74. The van der Waals surface area contributed by atoms with Crippen molar-refractivity contribution in [3.8, 4) is 0 Å². The highest BCUT2D eigenvalue weighted by molar-refractivity contribution is 7.89. The van der Waals surface area contributed by atoms with Crippen LogP contribution in [0.2, 0.25) is 0 Å². The maximum atomic E-state index is 13.1. The van der Waals surface area contributed by atoms with Gasteiger partial charge in [-0.25, -0.2) is 17.2 Å². The van der Waals surface area contributed by atoms with Gasteiger partial charge in [0.15, 0.2) is 0 Å². The predicted molar refractivity (Wildman–Crippen MR) is 102 cm³/mol. The van der Waals surface area contributed by atoms with Crippen LogP contribution in [0, 0.1) is 31.6 Å². The Morgan fingerprint density at radius 3 is 2.48 bits per heavy atom. The van der Waals surface area contributed by atoms with E-state index in [1.807, 2.05) is 19.9 Å². The standard InChI is InChI=1S/C20H26F2N2O4S/c1-12-3-13(2)5-16(4-12)29(26,27)24-9-17-15(11-28-18(17)10-24)8-23-19(25)14-6-20(21,22)7-14/h3-5,14-15,17-18H,6-11H2,1-2H3,(H,23,25)/t15-,17+,18+/m0/s1. The summed E-state index contributed by atoms with van der Waals surface area (Å²) in [5, 5.41) is 2.76. The van der Waals surface area contributed by atoms with Gasteiger partial charge in [0.1, 0.15) is 0 Å². The van der Waals surface area contributed by atoms with E-state index in [0.29, 0.717) is 26.2 Å². The third-order valence-corrected chi connectivity index (χ3v) is 8.05. The van der Waals surface area contributed by atoms with Crippen LogP contribution in [0.4, 0.5) is 8.78 Å². The first-order valence-electron chi connectivity index (χ1n) is 9.91. The number of fused-ring (bicyclic) bond motifs is 1. The van der Waals surface area contributed by atoms with Gasteiger partial charge in [0, 0.05) is 50.2 Å². The molecule has 6 nitrogen and oxygen atoms in total. The van der Waals surface area contributed by atoms with Crippen molar-refractivity contribution in [1.29, 1.82) is 0 Å². The number of carbonyl (C=O) groups excluding carboxylic acids is 1. The summed E-state index contributed by atoms with van der Waals surface area (Å²) < 4.78 is 59.3. The van der Waals surface area contributed by atoms with E-state index >= 15 is 0 Å². The number of hydrogen-bond donors (Lipinski definition) is 1. The summed E-state index contributed by atoms with van der Waals surface area (Å²) in [6.07, 6.45) is -0.993. The number of aryl methyl sites for hydroxylation is 2. The van der Waals surface area contributed by atoms with Crippen molar-refractivity contribution in [3.05, 3.63) is 29.3 Å². The van der Waals surface area contributed by atoms with Crippen LogP contribution in [0.25, 0.3) is 0 Å². The molecule has 3 aliphatic rings. The Hall–Kier alpha value is -1.58. The minimum absolute atomic E-state index is 0.0150. The number of carbonyl (C=O) groups is 1. The molecule has 1 aromatic carbocycles. The first-order valence-corrected chi connectivity index (χ1v) is 11.3. The number of benzene rings is 1. The lowest BCUT2D eigenvalue weighted by Crippen LogP contribution is -2.46. The fourth-order valence-corrected chi connectivity index (χ4v) is 6.30. The third-order valence-electron chi connectivity index (χ3n) is 6.24. The zero-order valence-corrected chi connectivity index (χ0v) is 17.3. The SMILES string of the molecule is Cc1cc(C)cc(S(=O)(=O)N2C[C@@H]3[C@@H](CNC(=O)C4CC(F)(F)C4)CO[C@@H]3C2)c1. The van der Waals surface area contributed by atoms with E-state index in [4.69, 9.17) is 4.74 Å². The number of alkyl halides is 2. The number of rotatable bonds is 5. The molecular weight excluding hydrogens is 402 g/mol. The number of ether oxygens (including phenoxy) is 1. The van der Waals surface area contributed by atoms with E-state index in [-0.39, 0.29) is 28.7 Å². The zero-order valence-electron chi connectivity index (χ0n) is 16.5. The minimum atomic E-state index is -3.62. The molecule has 0 bridgehead atoms. The second-order valence-electron chi connectivity index (χ2n) is 8.65. The highest BCUT2D eigenvalue weighted by Crippen LogP contribution is 2.42. The van der Waals surface area contributed by atoms with Crippen molar-refractivity contribution in [2.45, 2.75) is 43.6 Å². The third kappa shape index (κ3) is 4.04. The van der Waals surface area contributed by atoms with Crippen LogP contribution >= 0.6 is 0 Å². The molecule has 3 atom stereocenters. The molecule has 0 radical (unpaired) electrons. The molecule has 0 spiro atoms. The zero-order chi connectivity index (χ0) is 21.0. The van der Waals surface area contributed by atoms with Crippen LogP contribution in [0.1, 0.15) is 24.0 Å². The minimum Gasteiger partial charge on any atom is -0.376 e. The van der Waals surface area contributed by atoms with Crippen molar-refractivity contribution in [1.82, 2.24) is 9.62 Å². The molecule has 29 heavy (non-hydrogen) atoms. The Balaban J connectivity index is 1.37. The molecule has 3 fully saturated rings. The summed E-state index contributed by atoms with van der Waals surface area (Å²) in [4.78, 5) is 12.3. The largest absolute Gasteiger partial charge is 0.376 e. The van der Waals surface area contributed by atoms with Gasteiger partial charge < -0.3 is 10.1 Å². The summed E-state index contributed by atoms with van der Waals surface area (Å²) in [5.41, 5.74) is 1.78. The molecule has 0 unspecified atom stereocenters. The van der Waals surface area contributed by atoms with Gasteiger partial charge in [0.2, 0.25) is 21.9 Å². The molecule has 2 heterocycles. The number of amides is 1. The Kier molecular flexibility index (Phi) is 5.19. The highest BCUT2D eigenvalue weighted by atomic mass is 32.2. The van der Waals surface area contributed by atoms with Crippen LogP contribution in [0.15, 0.2) is 23.1 Å². The second kappa shape index (κ2) is 7.28. The van der Waals surface area contributed by atoms with Crippen molar-refractivity contribution in [2.75, 3.05) is 26.2 Å². The summed E-state index contributed by atoms with van der Waals surface area (Å²) in [6.45, 7) is 5.11. The molecular formula is C20H26F2N2O4S. The summed E-state index contributed by atoms with van der Waals surface area (Å²) in [7, 11) is -3.62. The number of nitrogens with zero attached hydrogens (tertiary/aromatic N) is 1. The van der Waals surface area contributed by atoms with Gasteiger partial charge in [-0.05, 0) is 37.1 Å². The van der Waals surface area contributed by atoms with E-state index < -0.39 is 34.7 Å². The second-order valence-corrected chi connectivity index (χ2v) is 10.6. The first kappa shape index (κ1) is 20.7. The van der Waals surface area contributed by atoms with Crippen molar-refractivity contribution in [2.24, 2.45) is 17.8 Å². The maximum Gasteiger partial charge on any atom is 0.249 e. The van der Waals surface area contributed by atoms with Crippen molar-refractivity contribution < 1.29 is 26.7 Å². The molecule has 1 amide bonds. The van der Waals surface area contributed by atoms with E-state index in [2.05, 4.69) is 5.32 Å². The quantitative estimate of drug-likeness (QED) is 0.779. The van der Waals surface area contributed by atoms with Crippen LogP contribution < -0.4 is 5.32 Å². The fourth-order valence-electron chi connectivity index (χ4n) is 4.62. The lowest BCUT2D eigenvalue weighted by Gasteiger charge is -2.34. The molecule has 9 heteroatoms. The van der Waals surface area contributed by atoms with Gasteiger partial charge in [-0.2, -0.15) is 4.31 Å². The average Bonchev–Trinajstić information content (AvgIpc) is 3.18. The maximum absolute atomic E-state index is 13.1. The predicted octanol–water partition coefficient (Wildman–Crippen LogP) is 2.10. The lowest BCUT2D eigenvalue weighted by atomic mass is 9.80. The monoisotopic (exact) mass is 428 g/mol.